The van der Waals surface area contributed by atoms with E-state index >= 15 is 0 Å². The number of anilines is 1. The zero-order chi connectivity index (χ0) is 18.2. The third-order valence-electron chi connectivity index (χ3n) is 5.06. The van der Waals surface area contributed by atoms with Gasteiger partial charge in [-0.15, -0.1) is 11.3 Å². The highest BCUT2D eigenvalue weighted by atomic mass is 32.1. The summed E-state index contributed by atoms with van der Waals surface area (Å²) >= 11 is 1.82. The molecule has 27 heavy (non-hydrogen) atoms. The molecule has 134 valence electrons. The number of benzene rings is 1. The van der Waals surface area contributed by atoms with Crippen LogP contribution >= 0.6 is 11.3 Å². The van der Waals surface area contributed by atoms with Gasteiger partial charge in [0.25, 0.3) is 0 Å². The standard InChI is InChI=1S/C22H20N4S/c1-14-7-9-15(10-8-14)12-24-21-19-17-5-2-6-18(17)27-22(19)26-20(25-21)16-4-3-11-23-13-16/h3-4,7-11,13H,2,5-6,12H2,1H3,(H,24,25,26). The van der Waals surface area contributed by atoms with Crippen LogP contribution in [-0.2, 0) is 19.4 Å². The molecule has 0 fully saturated rings. The minimum absolute atomic E-state index is 0.738. The van der Waals surface area contributed by atoms with Crippen LogP contribution < -0.4 is 5.32 Å². The number of pyridine rings is 1. The molecule has 0 spiro atoms. The molecule has 0 amide bonds. The maximum Gasteiger partial charge on any atom is 0.164 e. The lowest BCUT2D eigenvalue weighted by Crippen LogP contribution is -2.04. The van der Waals surface area contributed by atoms with Crippen molar-refractivity contribution >= 4 is 27.4 Å². The highest BCUT2D eigenvalue weighted by molar-refractivity contribution is 7.19. The first kappa shape index (κ1) is 16.4. The molecule has 0 unspecified atom stereocenters. The van der Waals surface area contributed by atoms with E-state index < -0.39 is 0 Å². The molecule has 1 N–H and O–H groups in total. The van der Waals surface area contributed by atoms with Gasteiger partial charge in [-0.3, -0.25) is 4.98 Å². The van der Waals surface area contributed by atoms with Gasteiger partial charge in [0, 0.05) is 29.4 Å². The molecule has 0 aliphatic heterocycles. The average Bonchev–Trinajstić information content (AvgIpc) is 3.29. The molecule has 4 nitrogen and oxygen atoms in total. The van der Waals surface area contributed by atoms with Gasteiger partial charge in [-0.1, -0.05) is 29.8 Å². The quantitative estimate of drug-likeness (QED) is 0.537. The summed E-state index contributed by atoms with van der Waals surface area (Å²) in [6.45, 7) is 2.86. The van der Waals surface area contributed by atoms with Gasteiger partial charge in [0.1, 0.15) is 10.6 Å². The van der Waals surface area contributed by atoms with E-state index in [2.05, 4.69) is 41.5 Å². The molecule has 3 aromatic heterocycles. The number of nitrogens with zero attached hydrogens (tertiary/aromatic N) is 3. The summed E-state index contributed by atoms with van der Waals surface area (Å²) < 4.78 is 0. The van der Waals surface area contributed by atoms with Gasteiger partial charge in [-0.2, -0.15) is 0 Å². The summed E-state index contributed by atoms with van der Waals surface area (Å²) in [4.78, 5) is 16.5. The molecule has 0 bridgehead atoms. The molecular formula is C22H20N4S. The summed E-state index contributed by atoms with van der Waals surface area (Å²) in [6.07, 6.45) is 7.13. The van der Waals surface area contributed by atoms with Gasteiger partial charge >= 0.3 is 0 Å². The Morgan fingerprint density at radius 2 is 1.96 bits per heavy atom. The van der Waals surface area contributed by atoms with E-state index in [-0.39, 0.29) is 0 Å². The van der Waals surface area contributed by atoms with Gasteiger partial charge < -0.3 is 5.32 Å². The zero-order valence-electron chi connectivity index (χ0n) is 15.2. The minimum atomic E-state index is 0.738. The Balaban J connectivity index is 1.58. The van der Waals surface area contributed by atoms with Crippen molar-refractivity contribution in [3.05, 3.63) is 70.4 Å². The largest absolute Gasteiger partial charge is 0.365 e. The summed E-state index contributed by atoms with van der Waals surface area (Å²) in [5.74, 6) is 1.68. The highest BCUT2D eigenvalue weighted by Crippen LogP contribution is 2.40. The second-order valence-corrected chi connectivity index (χ2v) is 8.10. The topological polar surface area (TPSA) is 50.7 Å². The van der Waals surface area contributed by atoms with Crippen LogP contribution in [-0.4, -0.2) is 15.0 Å². The van der Waals surface area contributed by atoms with Crippen molar-refractivity contribution in [2.45, 2.75) is 32.7 Å². The number of hydrogen-bond acceptors (Lipinski definition) is 5. The Morgan fingerprint density at radius 3 is 2.78 bits per heavy atom. The Hall–Kier alpha value is -2.79. The van der Waals surface area contributed by atoms with Crippen LogP contribution in [0, 0.1) is 6.92 Å². The van der Waals surface area contributed by atoms with Gasteiger partial charge in [0.15, 0.2) is 5.82 Å². The monoisotopic (exact) mass is 372 g/mol. The number of thiophene rings is 1. The van der Waals surface area contributed by atoms with Crippen molar-refractivity contribution in [1.82, 2.24) is 15.0 Å². The van der Waals surface area contributed by atoms with Crippen molar-refractivity contribution in [2.75, 3.05) is 5.32 Å². The Bertz CT molecular complexity index is 1100. The van der Waals surface area contributed by atoms with Crippen LogP contribution in [0.2, 0.25) is 0 Å². The molecule has 0 atom stereocenters. The van der Waals surface area contributed by atoms with Crippen molar-refractivity contribution in [2.24, 2.45) is 0 Å². The fourth-order valence-electron chi connectivity index (χ4n) is 3.64. The van der Waals surface area contributed by atoms with Crippen molar-refractivity contribution in [3.8, 4) is 11.4 Å². The van der Waals surface area contributed by atoms with Crippen LogP contribution in [0.25, 0.3) is 21.6 Å². The number of fused-ring (bicyclic) bond motifs is 3. The van der Waals surface area contributed by atoms with Crippen molar-refractivity contribution < 1.29 is 0 Å². The first-order valence-electron chi connectivity index (χ1n) is 9.30. The molecule has 0 radical (unpaired) electrons. The summed E-state index contributed by atoms with van der Waals surface area (Å²) in [7, 11) is 0. The highest BCUT2D eigenvalue weighted by Gasteiger charge is 2.22. The first-order chi connectivity index (χ1) is 13.3. The van der Waals surface area contributed by atoms with Crippen molar-refractivity contribution in [3.63, 3.8) is 0 Å². The minimum Gasteiger partial charge on any atom is -0.365 e. The molecule has 1 aromatic carbocycles. The average molecular weight is 372 g/mol. The number of hydrogen-bond donors (Lipinski definition) is 1. The lowest BCUT2D eigenvalue weighted by molar-refractivity contribution is 0.917. The van der Waals surface area contributed by atoms with Gasteiger partial charge in [-0.25, -0.2) is 9.97 Å². The van der Waals surface area contributed by atoms with Crippen LogP contribution in [0.4, 0.5) is 5.82 Å². The number of rotatable bonds is 4. The zero-order valence-corrected chi connectivity index (χ0v) is 16.0. The van der Waals surface area contributed by atoms with E-state index in [1.165, 1.54) is 33.4 Å². The molecule has 1 aliphatic rings. The maximum absolute atomic E-state index is 4.90. The van der Waals surface area contributed by atoms with E-state index in [1.54, 1.807) is 6.20 Å². The third-order valence-corrected chi connectivity index (χ3v) is 6.25. The van der Waals surface area contributed by atoms with Gasteiger partial charge in [-0.05, 0) is 49.4 Å². The molecular weight excluding hydrogens is 352 g/mol. The molecule has 0 saturated carbocycles. The SMILES string of the molecule is Cc1ccc(CNc2nc(-c3cccnc3)nc3sc4c(c23)CCC4)cc1. The molecule has 5 rings (SSSR count). The maximum atomic E-state index is 4.90. The van der Waals surface area contributed by atoms with E-state index in [0.717, 1.165) is 41.4 Å². The van der Waals surface area contributed by atoms with Crippen LogP contribution in [0.5, 0.6) is 0 Å². The third kappa shape index (κ3) is 3.08. The molecule has 4 aromatic rings. The molecule has 3 heterocycles. The van der Waals surface area contributed by atoms with Crippen LogP contribution in [0.15, 0.2) is 48.8 Å². The van der Waals surface area contributed by atoms with E-state index in [9.17, 15) is 0 Å². The first-order valence-corrected chi connectivity index (χ1v) is 10.1. The molecule has 5 heteroatoms. The number of aromatic nitrogens is 3. The number of nitrogens with one attached hydrogen (secondary N) is 1. The molecule has 1 aliphatic carbocycles. The van der Waals surface area contributed by atoms with Crippen LogP contribution in [0.3, 0.4) is 0 Å². The van der Waals surface area contributed by atoms with Crippen LogP contribution in [0.1, 0.15) is 28.0 Å². The van der Waals surface area contributed by atoms with Gasteiger partial charge in [0.2, 0.25) is 0 Å². The van der Waals surface area contributed by atoms with E-state index in [4.69, 9.17) is 9.97 Å². The predicted octanol–water partition coefficient (Wildman–Crippen LogP) is 5.16. The second-order valence-electron chi connectivity index (χ2n) is 7.01. The Labute approximate surface area is 162 Å². The summed E-state index contributed by atoms with van der Waals surface area (Å²) in [5, 5.41) is 4.80. The Morgan fingerprint density at radius 1 is 1.07 bits per heavy atom. The lowest BCUT2D eigenvalue weighted by Gasteiger charge is -2.10. The van der Waals surface area contributed by atoms with E-state index in [0.29, 0.717) is 0 Å². The fraction of sp³-hybridized carbons (Fsp3) is 0.227. The summed E-state index contributed by atoms with van der Waals surface area (Å²) in [6, 6.07) is 12.6. The lowest BCUT2D eigenvalue weighted by atomic mass is 10.1. The van der Waals surface area contributed by atoms with Gasteiger partial charge in [0.05, 0.1) is 5.39 Å². The fourth-order valence-corrected chi connectivity index (χ4v) is 4.90. The normalized spacial score (nSPS) is 13.1. The molecule has 0 saturated heterocycles. The summed E-state index contributed by atoms with van der Waals surface area (Å²) in [5.41, 5.74) is 4.92. The number of aryl methyl sites for hydroxylation is 3. The Kier molecular flexibility index (Phi) is 4.09. The van der Waals surface area contributed by atoms with Crippen molar-refractivity contribution in [1.29, 1.82) is 0 Å². The smallest absolute Gasteiger partial charge is 0.164 e. The predicted molar refractivity (Wildman–Crippen MR) is 111 cm³/mol. The van der Waals surface area contributed by atoms with E-state index in [1.807, 2.05) is 29.7 Å². The second kappa shape index (κ2) is 6.74.